The van der Waals surface area contributed by atoms with Gasteiger partial charge >= 0.3 is 0 Å². The predicted molar refractivity (Wildman–Crippen MR) is 95.4 cm³/mol. The van der Waals surface area contributed by atoms with Gasteiger partial charge in [0, 0.05) is 51.2 Å². The number of hydrogen-bond donors (Lipinski definition) is 0. The summed E-state index contributed by atoms with van der Waals surface area (Å²) in [6, 6.07) is 0.0206. The Morgan fingerprint density at radius 3 is 3.00 bits per heavy atom. The molecule has 0 spiro atoms. The molecule has 8 heteroatoms. The Bertz CT molecular complexity index is 599. The Balaban J connectivity index is 1.58. The maximum atomic E-state index is 14.0. The first-order valence-electron chi connectivity index (χ1n) is 8.76. The van der Waals surface area contributed by atoms with Gasteiger partial charge in [0.15, 0.2) is 0 Å². The van der Waals surface area contributed by atoms with Crippen LogP contribution >= 0.6 is 11.3 Å². The monoisotopic (exact) mass is 370 g/mol. The minimum atomic E-state index is -0.842. The van der Waals surface area contributed by atoms with E-state index in [9.17, 15) is 9.18 Å². The molecule has 6 nitrogen and oxygen atoms in total. The van der Waals surface area contributed by atoms with E-state index in [-0.39, 0.29) is 11.9 Å². The second-order valence-corrected chi connectivity index (χ2v) is 8.18. The molecule has 2 aliphatic rings. The van der Waals surface area contributed by atoms with Crippen LogP contribution in [0.5, 0.6) is 0 Å². The average molecular weight is 370 g/mol. The third-order valence-electron chi connectivity index (χ3n) is 4.91. The van der Waals surface area contributed by atoms with Crippen LogP contribution in [0.2, 0.25) is 0 Å². The van der Waals surface area contributed by atoms with Crippen LogP contribution < -0.4 is 0 Å². The van der Waals surface area contributed by atoms with Crippen molar-refractivity contribution in [2.75, 3.05) is 46.9 Å². The van der Waals surface area contributed by atoms with Crippen molar-refractivity contribution >= 4 is 17.2 Å². The number of amides is 1. The molecule has 2 aliphatic heterocycles. The standard InChI is InChI=1S/C17H27FN4O2S/c1-12-19-14(11-25-12)8-22-7-13(18)6-15(22)9-21(3)17(23)16-10-20(2)4-5-24-16/h11,13,15-16H,4-10H2,1-3H3/t13-,15-,16+/m0/s1. The fraction of sp³-hybridized carbons (Fsp3) is 0.765. The smallest absolute Gasteiger partial charge is 0.252 e. The minimum absolute atomic E-state index is 0.0155. The summed E-state index contributed by atoms with van der Waals surface area (Å²) in [7, 11) is 3.78. The highest BCUT2D eigenvalue weighted by atomic mass is 32.1. The summed E-state index contributed by atoms with van der Waals surface area (Å²) in [6.45, 7) is 5.58. The number of thiazole rings is 1. The first-order valence-corrected chi connectivity index (χ1v) is 9.64. The Hall–Kier alpha value is -1.09. The maximum Gasteiger partial charge on any atom is 0.252 e. The molecular weight excluding hydrogens is 343 g/mol. The van der Waals surface area contributed by atoms with Gasteiger partial charge in [-0.3, -0.25) is 9.69 Å². The van der Waals surface area contributed by atoms with Crippen LogP contribution in [0.25, 0.3) is 0 Å². The molecule has 0 aromatic carbocycles. The number of halogens is 1. The van der Waals surface area contributed by atoms with E-state index in [4.69, 9.17) is 4.74 Å². The van der Waals surface area contributed by atoms with Gasteiger partial charge < -0.3 is 14.5 Å². The number of alkyl halides is 1. The molecule has 3 atom stereocenters. The molecule has 1 amide bonds. The van der Waals surface area contributed by atoms with E-state index >= 15 is 0 Å². The molecule has 0 unspecified atom stereocenters. The number of morpholine rings is 1. The second-order valence-electron chi connectivity index (χ2n) is 7.11. The van der Waals surface area contributed by atoms with Crippen molar-refractivity contribution in [3.8, 4) is 0 Å². The zero-order chi connectivity index (χ0) is 18.0. The zero-order valence-corrected chi connectivity index (χ0v) is 16.0. The van der Waals surface area contributed by atoms with Gasteiger partial charge in [-0.1, -0.05) is 0 Å². The normalized spacial score (nSPS) is 28.4. The third-order valence-corrected chi connectivity index (χ3v) is 5.74. The number of likely N-dealkylation sites (N-methyl/N-ethyl adjacent to an activating group) is 2. The SMILES string of the molecule is Cc1nc(CN2C[C@@H](F)C[C@H]2CN(C)C(=O)[C@H]2CN(C)CCO2)cs1. The number of ether oxygens (including phenoxy) is 1. The lowest BCUT2D eigenvalue weighted by atomic mass is 10.1. The highest BCUT2D eigenvalue weighted by molar-refractivity contribution is 7.09. The number of rotatable bonds is 5. The first kappa shape index (κ1) is 18.7. The molecule has 1 aromatic rings. The van der Waals surface area contributed by atoms with E-state index < -0.39 is 12.3 Å². The lowest BCUT2D eigenvalue weighted by Crippen LogP contribution is -2.51. The lowest BCUT2D eigenvalue weighted by Gasteiger charge is -2.33. The summed E-state index contributed by atoms with van der Waals surface area (Å²) in [5, 5.41) is 3.05. The fourth-order valence-corrected chi connectivity index (χ4v) is 4.18. The zero-order valence-electron chi connectivity index (χ0n) is 15.2. The number of nitrogens with zero attached hydrogens (tertiary/aromatic N) is 4. The topological polar surface area (TPSA) is 48.9 Å². The Kier molecular flexibility index (Phi) is 6.04. The number of likely N-dealkylation sites (tertiary alicyclic amines) is 1. The van der Waals surface area contributed by atoms with Crippen molar-refractivity contribution in [2.45, 2.75) is 38.2 Å². The van der Waals surface area contributed by atoms with Gasteiger partial charge in [-0.2, -0.15) is 0 Å². The number of aryl methyl sites for hydroxylation is 1. The number of aromatic nitrogens is 1. The maximum absolute atomic E-state index is 14.0. The van der Waals surface area contributed by atoms with Gasteiger partial charge in [-0.05, 0) is 20.4 Å². The Morgan fingerprint density at radius 2 is 2.32 bits per heavy atom. The van der Waals surface area contributed by atoms with Gasteiger partial charge in [0.05, 0.1) is 17.3 Å². The van der Waals surface area contributed by atoms with Crippen molar-refractivity contribution in [3.63, 3.8) is 0 Å². The van der Waals surface area contributed by atoms with Crippen molar-refractivity contribution < 1.29 is 13.9 Å². The summed E-state index contributed by atoms with van der Waals surface area (Å²) in [4.78, 5) is 23.0. The highest BCUT2D eigenvalue weighted by Gasteiger charge is 2.35. The molecule has 140 valence electrons. The predicted octanol–water partition coefficient (Wildman–Crippen LogP) is 1.15. The van der Waals surface area contributed by atoms with Crippen LogP contribution in [0, 0.1) is 6.92 Å². The summed E-state index contributed by atoms with van der Waals surface area (Å²) < 4.78 is 19.6. The summed E-state index contributed by atoms with van der Waals surface area (Å²) >= 11 is 1.61. The largest absolute Gasteiger partial charge is 0.366 e. The lowest BCUT2D eigenvalue weighted by molar-refractivity contribution is -0.148. The van der Waals surface area contributed by atoms with Gasteiger partial charge in [0.25, 0.3) is 5.91 Å². The Morgan fingerprint density at radius 1 is 1.52 bits per heavy atom. The van der Waals surface area contributed by atoms with Crippen LogP contribution in [0.1, 0.15) is 17.1 Å². The van der Waals surface area contributed by atoms with Gasteiger partial charge in [-0.15, -0.1) is 11.3 Å². The molecule has 0 bridgehead atoms. The molecule has 0 saturated carbocycles. The molecule has 1 aromatic heterocycles. The van der Waals surface area contributed by atoms with Crippen LogP contribution in [0.3, 0.4) is 0 Å². The molecule has 0 N–H and O–H groups in total. The van der Waals surface area contributed by atoms with Crippen LogP contribution in [0.4, 0.5) is 4.39 Å². The summed E-state index contributed by atoms with van der Waals surface area (Å²) in [5.74, 6) is -0.0155. The van der Waals surface area contributed by atoms with Gasteiger partial charge in [0.2, 0.25) is 0 Å². The molecule has 3 heterocycles. The van der Waals surface area contributed by atoms with Crippen molar-refractivity contribution in [1.82, 2.24) is 19.7 Å². The van der Waals surface area contributed by atoms with Gasteiger partial charge in [-0.25, -0.2) is 9.37 Å². The number of hydrogen-bond acceptors (Lipinski definition) is 6. The van der Waals surface area contributed by atoms with Crippen LogP contribution in [-0.2, 0) is 16.1 Å². The van der Waals surface area contributed by atoms with E-state index in [0.29, 0.717) is 39.2 Å². The van der Waals surface area contributed by atoms with Gasteiger partial charge in [0.1, 0.15) is 12.3 Å². The first-order chi connectivity index (χ1) is 11.9. The Labute approximate surface area is 152 Å². The van der Waals surface area contributed by atoms with Crippen molar-refractivity contribution in [2.24, 2.45) is 0 Å². The second kappa shape index (κ2) is 8.07. The van der Waals surface area contributed by atoms with Crippen LogP contribution in [-0.4, -0.2) is 90.8 Å². The molecule has 25 heavy (non-hydrogen) atoms. The molecule has 3 rings (SSSR count). The quantitative estimate of drug-likeness (QED) is 0.778. The van der Waals surface area contributed by atoms with E-state index in [1.165, 1.54) is 0 Å². The highest BCUT2D eigenvalue weighted by Crippen LogP contribution is 2.24. The molecule has 0 aliphatic carbocycles. The number of carbonyl (C=O) groups is 1. The average Bonchev–Trinajstić information content (AvgIpc) is 3.12. The van der Waals surface area contributed by atoms with E-state index in [0.717, 1.165) is 17.2 Å². The molecular formula is C17H27FN4O2S. The van der Waals surface area contributed by atoms with E-state index in [1.54, 1.807) is 23.3 Å². The summed E-state index contributed by atoms with van der Waals surface area (Å²) in [6.07, 6.45) is -0.794. The van der Waals surface area contributed by atoms with Crippen LogP contribution in [0.15, 0.2) is 5.38 Å². The molecule has 2 fully saturated rings. The van der Waals surface area contributed by atoms with E-state index in [2.05, 4.69) is 14.8 Å². The minimum Gasteiger partial charge on any atom is -0.366 e. The molecule has 0 radical (unpaired) electrons. The third kappa shape index (κ3) is 4.75. The molecule has 2 saturated heterocycles. The van der Waals surface area contributed by atoms with E-state index in [1.807, 2.05) is 19.4 Å². The fourth-order valence-electron chi connectivity index (χ4n) is 3.57. The van der Waals surface area contributed by atoms with Crippen molar-refractivity contribution in [3.05, 3.63) is 16.1 Å². The summed E-state index contributed by atoms with van der Waals surface area (Å²) in [5.41, 5.74) is 0.979. The van der Waals surface area contributed by atoms with Crippen molar-refractivity contribution in [1.29, 1.82) is 0 Å². The number of carbonyl (C=O) groups excluding carboxylic acids is 1.